The highest BCUT2D eigenvalue weighted by Crippen LogP contribution is 2.27. The van der Waals surface area contributed by atoms with Crippen LogP contribution in [0.2, 0.25) is 0 Å². The third-order valence-corrected chi connectivity index (χ3v) is 4.05. The molecule has 0 unspecified atom stereocenters. The molecule has 96 valence electrons. The van der Waals surface area contributed by atoms with Crippen LogP contribution in [0.15, 0.2) is 24.3 Å². The predicted molar refractivity (Wildman–Crippen MR) is 71.5 cm³/mol. The number of anilines is 1. The summed E-state index contributed by atoms with van der Waals surface area (Å²) in [7, 11) is 0. The van der Waals surface area contributed by atoms with E-state index < -0.39 is 0 Å². The van der Waals surface area contributed by atoms with Gasteiger partial charge in [0.1, 0.15) is 0 Å². The first-order valence-electron chi connectivity index (χ1n) is 6.30. The molecule has 2 aliphatic rings. The number of halogens is 1. The SMILES string of the molecule is O=C1Nc2ccccc2CN1C1CCN(Cl)CC1. The van der Waals surface area contributed by atoms with E-state index in [2.05, 4.69) is 11.4 Å². The monoisotopic (exact) mass is 265 g/mol. The predicted octanol–water partition coefficient (Wildman–Crippen LogP) is 2.65. The van der Waals surface area contributed by atoms with E-state index in [1.165, 1.54) is 5.56 Å². The Kier molecular flexibility index (Phi) is 3.14. The van der Waals surface area contributed by atoms with Crippen molar-refractivity contribution < 1.29 is 4.79 Å². The number of piperidine rings is 1. The average Bonchev–Trinajstić information content (AvgIpc) is 2.39. The minimum Gasteiger partial charge on any atom is -0.317 e. The Bertz CT molecular complexity index is 457. The van der Waals surface area contributed by atoms with Gasteiger partial charge in [-0.3, -0.25) is 0 Å². The second-order valence-corrected chi connectivity index (χ2v) is 5.33. The van der Waals surface area contributed by atoms with E-state index in [1.807, 2.05) is 23.1 Å². The highest BCUT2D eigenvalue weighted by molar-refractivity contribution is 6.13. The van der Waals surface area contributed by atoms with Crippen molar-refractivity contribution in [2.75, 3.05) is 18.4 Å². The van der Waals surface area contributed by atoms with Gasteiger partial charge in [0.2, 0.25) is 0 Å². The van der Waals surface area contributed by atoms with Gasteiger partial charge in [0.15, 0.2) is 0 Å². The van der Waals surface area contributed by atoms with E-state index in [4.69, 9.17) is 11.8 Å². The van der Waals surface area contributed by atoms with Crippen LogP contribution in [0.4, 0.5) is 10.5 Å². The molecule has 1 saturated heterocycles. The maximum absolute atomic E-state index is 12.1. The third-order valence-electron chi connectivity index (χ3n) is 3.71. The molecule has 18 heavy (non-hydrogen) atoms. The highest BCUT2D eigenvalue weighted by atomic mass is 35.5. The number of amides is 2. The summed E-state index contributed by atoms with van der Waals surface area (Å²) in [6, 6.07) is 8.29. The van der Waals surface area contributed by atoms with Gasteiger partial charge in [-0.1, -0.05) is 18.2 Å². The number of fused-ring (bicyclic) bond motifs is 1. The molecule has 5 heteroatoms. The lowest BCUT2D eigenvalue weighted by Gasteiger charge is -2.39. The minimum absolute atomic E-state index is 0.0155. The maximum atomic E-state index is 12.1. The standard InChI is InChI=1S/C13H16ClN3O/c14-16-7-5-11(6-8-16)17-9-10-3-1-2-4-12(10)15-13(17)18/h1-4,11H,5-9H2,(H,15,18). The van der Waals surface area contributed by atoms with Crippen molar-refractivity contribution in [1.82, 2.24) is 9.32 Å². The van der Waals surface area contributed by atoms with Crippen molar-refractivity contribution in [2.45, 2.75) is 25.4 Å². The number of carbonyl (C=O) groups excluding carboxylic acids is 1. The molecule has 4 nitrogen and oxygen atoms in total. The molecule has 3 rings (SSSR count). The maximum Gasteiger partial charge on any atom is 0.322 e. The number of hydrogen-bond donors (Lipinski definition) is 1. The molecule has 2 heterocycles. The normalized spacial score (nSPS) is 21.6. The summed E-state index contributed by atoms with van der Waals surface area (Å²) in [5.74, 6) is 0. The zero-order valence-corrected chi connectivity index (χ0v) is 10.9. The second kappa shape index (κ2) is 4.78. The first-order valence-corrected chi connectivity index (χ1v) is 6.64. The summed E-state index contributed by atoms with van der Waals surface area (Å²) < 4.78 is 1.80. The van der Waals surface area contributed by atoms with Crippen LogP contribution in [0, 0.1) is 0 Å². The van der Waals surface area contributed by atoms with Crippen molar-refractivity contribution in [3.05, 3.63) is 29.8 Å². The number of urea groups is 1. The lowest BCUT2D eigenvalue weighted by molar-refractivity contribution is 0.149. The number of rotatable bonds is 1. The molecule has 0 atom stereocenters. The van der Waals surface area contributed by atoms with Crippen molar-refractivity contribution in [2.24, 2.45) is 0 Å². The molecule has 1 aromatic rings. The quantitative estimate of drug-likeness (QED) is 0.793. The molecule has 0 spiro atoms. The summed E-state index contributed by atoms with van der Waals surface area (Å²) in [6.45, 7) is 2.39. The summed E-state index contributed by atoms with van der Waals surface area (Å²) in [6.07, 6.45) is 1.89. The van der Waals surface area contributed by atoms with Crippen molar-refractivity contribution in [3.63, 3.8) is 0 Å². The molecule has 1 fully saturated rings. The molecular weight excluding hydrogens is 250 g/mol. The molecule has 2 amide bonds. The van der Waals surface area contributed by atoms with Crippen molar-refractivity contribution in [3.8, 4) is 0 Å². The Hall–Kier alpha value is -1.26. The molecule has 2 aliphatic heterocycles. The van der Waals surface area contributed by atoms with Gasteiger partial charge in [0.25, 0.3) is 0 Å². The van der Waals surface area contributed by atoms with Crippen LogP contribution >= 0.6 is 11.8 Å². The Morgan fingerprint density at radius 3 is 2.72 bits per heavy atom. The Balaban J connectivity index is 1.76. The fourth-order valence-electron chi connectivity index (χ4n) is 2.66. The fourth-order valence-corrected chi connectivity index (χ4v) is 2.86. The number of para-hydroxylation sites is 1. The van der Waals surface area contributed by atoms with Crippen molar-refractivity contribution in [1.29, 1.82) is 0 Å². The van der Waals surface area contributed by atoms with Gasteiger partial charge in [0.05, 0.1) is 0 Å². The van der Waals surface area contributed by atoms with Gasteiger partial charge in [-0.2, -0.15) is 0 Å². The molecule has 0 bridgehead atoms. The summed E-state index contributed by atoms with van der Waals surface area (Å²) in [5, 5.41) is 2.96. The van der Waals surface area contributed by atoms with Crippen LogP contribution < -0.4 is 5.32 Å². The minimum atomic E-state index is 0.0155. The third kappa shape index (κ3) is 2.18. The Labute approximate surface area is 112 Å². The second-order valence-electron chi connectivity index (χ2n) is 4.86. The van der Waals surface area contributed by atoms with Crippen LogP contribution in [-0.4, -0.2) is 34.5 Å². The number of carbonyl (C=O) groups is 1. The molecular formula is C13H16ClN3O. The van der Waals surface area contributed by atoms with E-state index in [9.17, 15) is 4.79 Å². The van der Waals surface area contributed by atoms with Crippen molar-refractivity contribution >= 4 is 23.5 Å². The lowest BCUT2D eigenvalue weighted by Crippen LogP contribution is -2.48. The van der Waals surface area contributed by atoms with E-state index in [1.54, 1.807) is 4.42 Å². The fraction of sp³-hybridized carbons (Fsp3) is 0.462. The Morgan fingerprint density at radius 1 is 1.22 bits per heavy atom. The van der Waals surface area contributed by atoms with E-state index in [0.29, 0.717) is 12.6 Å². The van der Waals surface area contributed by atoms with Crippen LogP contribution in [-0.2, 0) is 6.54 Å². The largest absolute Gasteiger partial charge is 0.322 e. The zero-order chi connectivity index (χ0) is 12.5. The molecule has 0 aromatic heterocycles. The number of nitrogens with one attached hydrogen (secondary N) is 1. The van der Waals surface area contributed by atoms with Crippen LogP contribution in [0.25, 0.3) is 0 Å². The number of hydrogen-bond acceptors (Lipinski definition) is 2. The Morgan fingerprint density at radius 2 is 1.94 bits per heavy atom. The smallest absolute Gasteiger partial charge is 0.317 e. The zero-order valence-electron chi connectivity index (χ0n) is 10.1. The number of benzene rings is 1. The first kappa shape index (κ1) is 11.8. The first-order chi connectivity index (χ1) is 8.74. The summed E-state index contributed by atoms with van der Waals surface area (Å²) in [4.78, 5) is 14.0. The van der Waals surface area contributed by atoms with Gasteiger partial charge in [0, 0.05) is 31.4 Å². The number of nitrogens with zero attached hydrogens (tertiary/aromatic N) is 2. The molecule has 1 N–H and O–H groups in total. The van der Waals surface area contributed by atoms with Gasteiger partial charge in [-0.15, -0.1) is 0 Å². The van der Waals surface area contributed by atoms with Gasteiger partial charge in [-0.05, 0) is 36.2 Å². The van der Waals surface area contributed by atoms with Gasteiger partial charge in [-0.25, -0.2) is 9.21 Å². The highest BCUT2D eigenvalue weighted by Gasteiger charge is 2.30. The molecule has 0 aliphatic carbocycles. The molecule has 1 aromatic carbocycles. The van der Waals surface area contributed by atoms with Crippen LogP contribution in [0.3, 0.4) is 0 Å². The molecule has 0 radical (unpaired) electrons. The lowest BCUT2D eigenvalue weighted by atomic mass is 10.0. The van der Waals surface area contributed by atoms with Gasteiger partial charge < -0.3 is 10.2 Å². The van der Waals surface area contributed by atoms with E-state index in [0.717, 1.165) is 31.6 Å². The topological polar surface area (TPSA) is 35.6 Å². The van der Waals surface area contributed by atoms with Crippen LogP contribution in [0.1, 0.15) is 18.4 Å². The average molecular weight is 266 g/mol. The summed E-state index contributed by atoms with van der Waals surface area (Å²) >= 11 is 5.95. The molecule has 0 saturated carbocycles. The van der Waals surface area contributed by atoms with Gasteiger partial charge >= 0.3 is 6.03 Å². The van der Waals surface area contributed by atoms with E-state index in [-0.39, 0.29) is 6.03 Å². The van der Waals surface area contributed by atoms with Crippen LogP contribution in [0.5, 0.6) is 0 Å². The summed E-state index contributed by atoms with van der Waals surface area (Å²) in [5.41, 5.74) is 2.12. The van der Waals surface area contributed by atoms with E-state index >= 15 is 0 Å².